The molecule has 2 heterocycles. The first-order chi connectivity index (χ1) is 9.97. The summed E-state index contributed by atoms with van der Waals surface area (Å²) in [6, 6.07) is 3.29. The maximum atomic E-state index is 12.9. The van der Waals surface area contributed by atoms with Crippen LogP contribution in [0, 0.1) is 17.7 Å². The summed E-state index contributed by atoms with van der Waals surface area (Å²) in [5.74, 6) is -0.471. The minimum Gasteiger partial charge on any atom is -0.481 e. The summed E-state index contributed by atoms with van der Waals surface area (Å²) in [5, 5.41) is 8.93. The van der Waals surface area contributed by atoms with Crippen LogP contribution in [0.15, 0.2) is 18.3 Å². The average molecular weight is 294 g/mol. The zero-order valence-electron chi connectivity index (χ0n) is 12.6. The lowest BCUT2D eigenvalue weighted by Crippen LogP contribution is -2.40. The standard InChI is InChI=1S/C16H23FN2O2/c1-11(8-16(20)21)13-4-3-7-19(10-13)12(2)15-6-5-14(17)9-18-15/h5-6,9,11-13H,3-4,7-8,10H2,1-2H3,(H,20,21). The predicted octanol–water partition coefficient (Wildman–Crippen LogP) is 3.10. The molecule has 0 saturated carbocycles. The molecule has 1 N–H and O–H groups in total. The molecule has 1 aromatic heterocycles. The highest BCUT2D eigenvalue weighted by Gasteiger charge is 2.29. The predicted molar refractivity (Wildman–Crippen MR) is 78.3 cm³/mol. The van der Waals surface area contributed by atoms with Crippen molar-refractivity contribution in [3.05, 3.63) is 29.8 Å². The van der Waals surface area contributed by atoms with Gasteiger partial charge in [-0.25, -0.2) is 4.39 Å². The smallest absolute Gasteiger partial charge is 0.303 e. The summed E-state index contributed by atoms with van der Waals surface area (Å²) in [5.41, 5.74) is 0.864. The molecule has 1 saturated heterocycles. The molecule has 0 aliphatic carbocycles. The number of halogens is 1. The Morgan fingerprint density at radius 1 is 1.52 bits per heavy atom. The third kappa shape index (κ3) is 4.24. The SMILES string of the molecule is CC(CC(=O)O)C1CCCN(C(C)c2ccc(F)cn2)C1. The molecule has 4 nitrogen and oxygen atoms in total. The number of hydrogen-bond donors (Lipinski definition) is 1. The highest BCUT2D eigenvalue weighted by atomic mass is 19.1. The Morgan fingerprint density at radius 2 is 2.29 bits per heavy atom. The monoisotopic (exact) mass is 294 g/mol. The molecule has 0 spiro atoms. The van der Waals surface area contributed by atoms with Gasteiger partial charge >= 0.3 is 5.97 Å². The fraction of sp³-hybridized carbons (Fsp3) is 0.625. The van der Waals surface area contributed by atoms with Crippen molar-refractivity contribution >= 4 is 5.97 Å². The van der Waals surface area contributed by atoms with E-state index in [9.17, 15) is 9.18 Å². The van der Waals surface area contributed by atoms with Crippen molar-refractivity contribution in [1.29, 1.82) is 0 Å². The van der Waals surface area contributed by atoms with Crippen molar-refractivity contribution < 1.29 is 14.3 Å². The Bertz CT molecular complexity index is 478. The highest BCUT2D eigenvalue weighted by molar-refractivity contribution is 5.67. The molecule has 1 aliphatic heterocycles. The van der Waals surface area contributed by atoms with Gasteiger partial charge in [0.05, 0.1) is 11.9 Å². The van der Waals surface area contributed by atoms with Gasteiger partial charge in [-0.05, 0) is 50.3 Å². The number of aliphatic carboxylic acids is 1. The molecule has 21 heavy (non-hydrogen) atoms. The van der Waals surface area contributed by atoms with Crippen molar-refractivity contribution in [3.63, 3.8) is 0 Å². The van der Waals surface area contributed by atoms with E-state index in [-0.39, 0.29) is 24.2 Å². The van der Waals surface area contributed by atoms with Crippen LogP contribution in [0.2, 0.25) is 0 Å². The third-order valence-electron chi connectivity index (χ3n) is 4.52. The maximum Gasteiger partial charge on any atom is 0.303 e. The summed E-state index contributed by atoms with van der Waals surface area (Å²) >= 11 is 0. The van der Waals surface area contributed by atoms with Gasteiger partial charge in [0.15, 0.2) is 0 Å². The second-order valence-corrected chi connectivity index (χ2v) is 6.05. The first kappa shape index (κ1) is 15.9. The Kier molecular flexibility index (Phi) is 5.28. The number of carboxylic acid groups (broad SMARTS) is 1. The van der Waals surface area contributed by atoms with Gasteiger partial charge < -0.3 is 5.11 Å². The van der Waals surface area contributed by atoms with E-state index in [1.54, 1.807) is 6.07 Å². The van der Waals surface area contributed by atoms with Crippen LogP contribution in [-0.2, 0) is 4.79 Å². The van der Waals surface area contributed by atoms with Gasteiger partial charge in [0, 0.05) is 19.0 Å². The van der Waals surface area contributed by atoms with E-state index in [4.69, 9.17) is 5.11 Å². The molecule has 0 amide bonds. The van der Waals surface area contributed by atoms with Crippen LogP contribution >= 0.6 is 0 Å². The topological polar surface area (TPSA) is 53.4 Å². The van der Waals surface area contributed by atoms with Gasteiger partial charge in [-0.3, -0.25) is 14.7 Å². The number of likely N-dealkylation sites (tertiary alicyclic amines) is 1. The molecular formula is C16H23FN2O2. The number of aromatic nitrogens is 1. The fourth-order valence-corrected chi connectivity index (χ4v) is 3.12. The van der Waals surface area contributed by atoms with Crippen LogP contribution in [0.5, 0.6) is 0 Å². The molecule has 3 unspecified atom stereocenters. The van der Waals surface area contributed by atoms with Gasteiger partial charge in [0.25, 0.3) is 0 Å². The molecule has 1 fully saturated rings. The zero-order valence-corrected chi connectivity index (χ0v) is 12.6. The molecule has 0 bridgehead atoms. The second-order valence-electron chi connectivity index (χ2n) is 6.05. The average Bonchev–Trinajstić information content (AvgIpc) is 2.47. The summed E-state index contributed by atoms with van der Waals surface area (Å²) in [6.07, 6.45) is 3.62. The van der Waals surface area contributed by atoms with Crippen LogP contribution in [0.25, 0.3) is 0 Å². The van der Waals surface area contributed by atoms with Crippen LogP contribution in [0.4, 0.5) is 4.39 Å². The molecule has 5 heteroatoms. The van der Waals surface area contributed by atoms with Crippen LogP contribution < -0.4 is 0 Å². The van der Waals surface area contributed by atoms with Crippen molar-refractivity contribution in [2.24, 2.45) is 11.8 Å². The zero-order chi connectivity index (χ0) is 15.4. The van der Waals surface area contributed by atoms with E-state index in [1.165, 1.54) is 12.3 Å². The molecule has 0 aromatic carbocycles. The van der Waals surface area contributed by atoms with Gasteiger partial charge in [-0.2, -0.15) is 0 Å². The summed E-state index contributed by atoms with van der Waals surface area (Å²) in [4.78, 5) is 17.3. The van der Waals surface area contributed by atoms with Gasteiger partial charge in [0.2, 0.25) is 0 Å². The molecule has 1 aromatic rings. The number of nitrogens with zero attached hydrogens (tertiary/aromatic N) is 2. The van der Waals surface area contributed by atoms with Crippen molar-refractivity contribution in [2.45, 2.75) is 39.2 Å². The lowest BCUT2D eigenvalue weighted by molar-refractivity contribution is -0.138. The Hall–Kier alpha value is -1.49. The number of carboxylic acids is 1. The van der Waals surface area contributed by atoms with Crippen LogP contribution in [0.3, 0.4) is 0 Å². The van der Waals surface area contributed by atoms with Crippen molar-refractivity contribution in [1.82, 2.24) is 9.88 Å². The van der Waals surface area contributed by atoms with Crippen LogP contribution in [0.1, 0.15) is 44.8 Å². The number of rotatable bonds is 5. The normalized spacial score (nSPS) is 22.7. The first-order valence-electron chi connectivity index (χ1n) is 7.54. The maximum absolute atomic E-state index is 12.9. The van der Waals surface area contributed by atoms with E-state index in [0.29, 0.717) is 5.92 Å². The molecule has 1 aliphatic rings. The Morgan fingerprint density at radius 3 is 2.90 bits per heavy atom. The lowest BCUT2D eigenvalue weighted by atomic mass is 9.84. The van der Waals surface area contributed by atoms with Gasteiger partial charge in [0.1, 0.15) is 5.82 Å². The first-order valence-corrected chi connectivity index (χ1v) is 7.54. The van der Waals surface area contributed by atoms with Crippen LogP contribution in [-0.4, -0.2) is 34.0 Å². The second kappa shape index (κ2) is 6.98. The molecule has 2 rings (SSSR count). The van der Waals surface area contributed by atoms with E-state index in [1.807, 2.05) is 6.92 Å². The van der Waals surface area contributed by atoms with Crippen molar-refractivity contribution in [3.8, 4) is 0 Å². The molecule has 116 valence electrons. The van der Waals surface area contributed by atoms with Crippen molar-refractivity contribution in [2.75, 3.05) is 13.1 Å². The summed E-state index contributed by atoms with van der Waals surface area (Å²) < 4.78 is 12.9. The van der Waals surface area contributed by atoms with E-state index in [2.05, 4.69) is 16.8 Å². The third-order valence-corrected chi connectivity index (χ3v) is 4.52. The summed E-state index contributed by atoms with van der Waals surface area (Å²) in [6.45, 7) is 5.96. The number of carbonyl (C=O) groups is 1. The molecule has 3 atom stereocenters. The van der Waals surface area contributed by atoms with Gasteiger partial charge in [-0.15, -0.1) is 0 Å². The number of piperidine rings is 1. The minimum absolute atomic E-state index is 0.130. The van der Waals surface area contributed by atoms with E-state index >= 15 is 0 Å². The van der Waals surface area contributed by atoms with E-state index < -0.39 is 5.97 Å². The lowest BCUT2D eigenvalue weighted by Gasteiger charge is -2.38. The Labute approximate surface area is 125 Å². The largest absolute Gasteiger partial charge is 0.481 e. The molecular weight excluding hydrogens is 271 g/mol. The Balaban J connectivity index is 1.99. The summed E-state index contributed by atoms with van der Waals surface area (Å²) in [7, 11) is 0. The van der Waals surface area contributed by atoms with E-state index in [0.717, 1.165) is 31.6 Å². The molecule has 0 radical (unpaired) electrons. The fourth-order valence-electron chi connectivity index (χ4n) is 3.12. The minimum atomic E-state index is -0.729. The number of hydrogen-bond acceptors (Lipinski definition) is 3. The number of pyridine rings is 1. The highest BCUT2D eigenvalue weighted by Crippen LogP contribution is 2.30. The van der Waals surface area contributed by atoms with Gasteiger partial charge in [-0.1, -0.05) is 6.92 Å². The quantitative estimate of drug-likeness (QED) is 0.906.